The van der Waals surface area contributed by atoms with E-state index < -0.39 is 17.3 Å². The second kappa shape index (κ2) is 9.50. The average Bonchev–Trinajstić information content (AvgIpc) is 3.33. The van der Waals surface area contributed by atoms with Crippen LogP contribution in [0, 0.1) is 6.92 Å². The molecule has 0 spiro atoms. The Morgan fingerprint density at radius 3 is 2.44 bits per heavy atom. The second-order valence-corrected chi connectivity index (χ2v) is 7.81. The third-order valence-electron chi connectivity index (χ3n) is 5.32. The van der Waals surface area contributed by atoms with E-state index in [1.807, 2.05) is 26.0 Å². The van der Waals surface area contributed by atoms with Crippen LogP contribution in [-0.4, -0.2) is 32.2 Å². The Morgan fingerprint density at radius 1 is 1.03 bits per heavy atom. The Labute approximate surface area is 193 Å². The summed E-state index contributed by atoms with van der Waals surface area (Å²) < 4.78 is 47.5. The minimum Gasteiger partial charge on any atom is -0.494 e. The third kappa shape index (κ3) is 4.85. The lowest BCUT2D eigenvalue weighted by Crippen LogP contribution is -2.15. The van der Waals surface area contributed by atoms with Crippen molar-refractivity contribution < 1.29 is 17.9 Å². The molecule has 0 aliphatic carbocycles. The van der Waals surface area contributed by atoms with Gasteiger partial charge in [0.15, 0.2) is 0 Å². The number of aromatic amines is 2. The molecular formula is C24H22F3N5O2. The minimum absolute atomic E-state index is 0.0141. The number of benzene rings is 2. The number of hydrogen-bond donors (Lipinski definition) is 2. The maximum absolute atomic E-state index is 14.0. The van der Waals surface area contributed by atoms with Gasteiger partial charge in [-0.05, 0) is 48.4 Å². The number of unbranched alkanes of at least 4 members (excludes halogenated alkanes) is 1. The molecule has 7 nitrogen and oxygen atoms in total. The number of halogens is 3. The number of nitrogens with one attached hydrogen (secondary N) is 2. The van der Waals surface area contributed by atoms with Crippen LogP contribution in [0.5, 0.6) is 5.75 Å². The molecule has 0 saturated carbocycles. The zero-order chi connectivity index (χ0) is 24.3. The normalized spacial score (nSPS) is 11.6. The van der Waals surface area contributed by atoms with Gasteiger partial charge in [0.2, 0.25) is 5.82 Å². The van der Waals surface area contributed by atoms with E-state index in [9.17, 15) is 18.0 Å². The van der Waals surface area contributed by atoms with Gasteiger partial charge in [-0.25, -0.2) is 0 Å². The summed E-state index contributed by atoms with van der Waals surface area (Å²) in [5.74, 6) is 0.160. The number of pyridine rings is 1. The van der Waals surface area contributed by atoms with Crippen LogP contribution in [0.4, 0.5) is 13.2 Å². The van der Waals surface area contributed by atoms with E-state index in [1.54, 1.807) is 12.1 Å². The molecule has 0 amide bonds. The molecule has 2 N–H and O–H groups in total. The molecule has 0 bridgehead atoms. The highest BCUT2D eigenvalue weighted by molar-refractivity contribution is 5.83. The first kappa shape index (κ1) is 23.2. The lowest BCUT2D eigenvalue weighted by molar-refractivity contribution is -0.137. The summed E-state index contributed by atoms with van der Waals surface area (Å²) in [7, 11) is 0. The van der Waals surface area contributed by atoms with Crippen molar-refractivity contribution in [3.63, 3.8) is 0 Å². The standard InChI is InChI=1S/C24H22F3N5O2/c1-3-4-11-34-16-9-10-17(19(12-16)24(25,26)27)20-13-18(15-7-5-14(2)6-8-15)21(23(33)28-20)22-29-31-32-30-22/h5-10,12-13H,3-4,11H2,1-2H3,(H,28,33)(H,29,30,31,32). The van der Waals surface area contributed by atoms with Crippen molar-refractivity contribution in [2.75, 3.05) is 6.61 Å². The van der Waals surface area contributed by atoms with E-state index in [2.05, 4.69) is 25.6 Å². The van der Waals surface area contributed by atoms with Crippen LogP contribution in [-0.2, 0) is 6.18 Å². The van der Waals surface area contributed by atoms with Crippen molar-refractivity contribution in [2.45, 2.75) is 32.9 Å². The Hall–Kier alpha value is -3.95. The largest absolute Gasteiger partial charge is 0.494 e. The molecule has 2 heterocycles. The molecule has 34 heavy (non-hydrogen) atoms. The van der Waals surface area contributed by atoms with E-state index >= 15 is 0 Å². The van der Waals surface area contributed by atoms with Gasteiger partial charge in [0.05, 0.1) is 17.7 Å². The molecule has 0 aliphatic heterocycles. The molecule has 0 saturated heterocycles. The summed E-state index contributed by atoms with van der Waals surface area (Å²) in [5.41, 5.74) is 0.427. The topological polar surface area (TPSA) is 96.6 Å². The molecule has 4 aromatic rings. The van der Waals surface area contributed by atoms with Crippen LogP contribution in [0.15, 0.2) is 53.3 Å². The van der Waals surface area contributed by atoms with Crippen molar-refractivity contribution >= 4 is 0 Å². The Morgan fingerprint density at radius 2 is 1.79 bits per heavy atom. The number of H-pyrrole nitrogens is 2. The summed E-state index contributed by atoms with van der Waals surface area (Å²) in [6, 6.07) is 12.5. The Balaban J connectivity index is 1.90. The van der Waals surface area contributed by atoms with Gasteiger partial charge in [-0.1, -0.05) is 43.2 Å². The van der Waals surface area contributed by atoms with Crippen LogP contribution in [0.2, 0.25) is 0 Å². The first-order valence-electron chi connectivity index (χ1n) is 10.7. The number of hydrogen-bond acceptors (Lipinski definition) is 5. The fourth-order valence-electron chi connectivity index (χ4n) is 3.57. The predicted octanol–water partition coefficient (Wildman–Crippen LogP) is 5.40. The molecule has 0 atom stereocenters. The average molecular weight is 469 g/mol. The quantitative estimate of drug-likeness (QED) is 0.354. The highest BCUT2D eigenvalue weighted by Crippen LogP contribution is 2.40. The maximum Gasteiger partial charge on any atom is 0.417 e. The predicted molar refractivity (Wildman–Crippen MR) is 121 cm³/mol. The number of ether oxygens (including phenoxy) is 1. The SMILES string of the molecule is CCCCOc1ccc(-c2cc(-c3ccc(C)cc3)c(-c3nn[nH]n3)c(=O)[nH]2)c(C(F)(F)F)c1. The molecule has 10 heteroatoms. The molecule has 2 aromatic carbocycles. The van der Waals surface area contributed by atoms with Gasteiger partial charge in [-0.3, -0.25) is 4.79 Å². The Kier molecular flexibility index (Phi) is 6.49. The number of rotatable bonds is 7. The van der Waals surface area contributed by atoms with Gasteiger partial charge in [0.1, 0.15) is 5.75 Å². The number of aromatic nitrogens is 5. The van der Waals surface area contributed by atoms with Crippen molar-refractivity contribution in [1.29, 1.82) is 0 Å². The van der Waals surface area contributed by atoms with E-state index in [4.69, 9.17) is 4.74 Å². The molecular weight excluding hydrogens is 447 g/mol. The molecule has 0 unspecified atom stereocenters. The second-order valence-electron chi connectivity index (χ2n) is 7.81. The number of alkyl halides is 3. The van der Waals surface area contributed by atoms with Gasteiger partial charge in [0.25, 0.3) is 5.56 Å². The van der Waals surface area contributed by atoms with Crippen molar-refractivity contribution in [3.05, 3.63) is 70.0 Å². The number of nitrogens with zero attached hydrogens (tertiary/aromatic N) is 3. The lowest BCUT2D eigenvalue weighted by atomic mass is 9.95. The van der Waals surface area contributed by atoms with Crippen molar-refractivity contribution in [3.8, 4) is 39.5 Å². The monoisotopic (exact) mass is 469 g/mol. The zero-order valence-corrected chi connectivity index (χ0v) is 18.5. The summed E-state index contributed by atoms with van der Waals surface area (Å²) >= 11 is 0. The number of tetrazole rings is 1. The minimum atomic E-state index is -4.66. The van der Waals surface area contributed by atoms with Crippen LogP contribution in [0.3, 0.4) is 0 Å². The molecule has 176 valence electrons. The van der Waals surface area contributed by atoms with E-state index in [1.165, 1.54) is 18.2 Å². The lowest BCUT2D eigenvalue weighted by Gasteiger charge is -2.16. The van der Waals surface area contributed by atoms with Crippen molar-refractivity contribution in [1.82, 2.24) is 25.6 Å². The van der Waals surface area contributed by atoms with Crippen LogP contribution < -0.4 is 10.3 Å². The van der Waals surface area contributed by atoms with Gasteiger partial charge in [0, 0.05) is 16.8 Å². The van der Waals surface area contributed by atoms with E-state index in [0.29, 0.717) is 17.7 Å². The first-order chi connectivity index (χ1) is 16.3. The van der Waals surface area contributed by atoms with Gasteiger partial charge >= 0.3 is 6.18 Å². The number of aryl methyl sites for hydroxylation is 1. The fourth-order valence-corrected chi connectivity index (χ4v) is 3.57. The molecule has 0 radical (unpaired) electrons. The van der Waals surface area contributed by atoms with Gasteiger partial charge in [-0.2, -0.15) is 18.4 Å². The van der Waals surface area contributed by atoms with Crippen LogP contribution >= 0.6 is 0 Å². The molecule has 0 aliphatic rings. The molecule has 0 fully saturated rings. The van der Waals surface area contributed by atoms with Gasteiger partial charge < -0.3 is 9.72 Å². The fraction of sp³-hybridized carbons (Fsp3) is 0.250. The Bertz CT molecular complexity index is 1330. The zero-order valence-electron chi connectivity index (χ0n) is 18.5. The van der Waals surface area contributed by atoms with E-state index in [0.717, 1.165) is 24.5 Å². The van der Waals surface area contributed by atoms with Crippen LogP contribution in [0.1, 0.15) is 30.9 Å². The smallest absolute Gasteiger partial charge is 0.417 e. The summed E-state index contributed by atoms with van der Waals surface area (Å²) in [4.78, 5) is 15.7. The highest BCUT2D eigenvalue weighted by Gasteiger charge is 2.35. The summed E-state index contributed by atoms with van der Waals surface area (Å²) in [5, 5.41) is 13.6. The van der Waals surface area contributed by atoms with Crippen molar-refractivity contribution in [2.24, 2.45) is 0 Å². The van der Waals surface area contributed by atoms with E-state index in [-0.39, 0.29) is 28.4 Å². The summed E-state index contributed by atoms with van der Waals surface area (Å²) in [6.45, 7) is 4.20. The first-order valence-corrected chi connectivity index (χ1v) is 10.7. The molecule has 4 rings (SSSR count). The summed E-state index contributed by atoms with van der Waals surface area (Å²) in [6.07, 6.45) is -3.07. The third-order valence-corrected chi connectivity index (χ3v) is 5.32. The van der Waals surface area contributed by atoms with Gasteiger partial charge in [-0.15, -0.1) is 10.2 Å². The maximum atomic E-state index is 14.0. The molecule has 2 aromatic heterocycles. The van der Waals surface area contributed by atoms with Crippen LogP contribution in [0.25, 0.3) is 33.8 Å². The highest BCUT2D eigenvalue weighted by atomic mass is 19.4.